The molecule has 1 fully saturated rings. The van der Waals surface area contributed by atoms with E-state index in [-0.39, 0.29) is 0 Å². The van der Waals surface area contributed by atoms with E-state index in [0.29, 0.717) is 0 Å². The summed E-state index contributed by atoms with van der Waals surface area (Å²) in [6.45, 7) is 9.13. The van der Waals surface area contributed by atoms with Crippen molar-refractivity contribution in [2.75, 3.05) is 33.4 Å². The van der Waals surface area contributed by atoms with Crippen molar-refractivity contribution in [3.05, 3.63) is 42.3 Å². The first-order chi connectivity index (χ1) is 7.20. The van der Waals surface area contributed by atoms with E-state index >= 15 is 0 Å². The molecule has 0 bridgehead atoms. The largest absolute Gasteiger partial charge is 0.370 e. The molecule has 0 spiro atoms. The number of hydrogen-bond acceptors (Lipinski definition) is 1. The van der Waals surface area contributed by atoms with E-state index in [1.54, 1.807) is 0 Å². The smallest absolute Gasteiger partial charge is 0.105 e. The maximum Gasteiger partial charge on any atom is 0.105 e. The molecular formula is C13H19NO+. The Balaban J connectivity index is 2.10. The molecule has 0 aromatic heterocycles. The number of ether oxygens (including phenoxy) is 1. The molecule has 1 radical (unpaired) electrons. The Kier molecular flexibility index (Phi) is 3.08. The van der Waals surface area contributed by atoms with Crippen LogP contribution in [-0.4, -0.2) is 37.8 Å². The van der Waals surface area contributed by atoms with Crippen molar-refractivity contribution in [1.82, 2.24) is 0 Å². The highest BCUT2D eigenvalue weighted by Crippen LogP contribution is 2.17. The molecule has 15 heavy (non-hydrogen) atoms. The van der Waals surface area contributed by atoms with E-state index in [2.05, 4.69) is 32.2 Å². The summed E-state index contributed by atoms with van der Waals surface area (Å²) in [4.78, 5) is 0. The van der Waals surface area contributed by atoms with Crippen LogP contribution < -0.4 is 0 Å². The van der Waals surface area contributed by atoms with Gasteiger partial charge in [-0.1, -0.05) is 24.3 Å². The molecular weight excluding hydrogens is 186 g/mol. The molecule has 2 rings (SSSR count). The number of quaternary nitrogens is 1. The van der Waals surface area contributed by atoms with Crippen molar-refractivity contribution in [2.24, 2.45) is 0 Å². The van der Waals surface area contributed by atoms with Crippen LogP contribution >= 0.6 is 0 Å². The van der Waals surface area contributed by atoms with E-state index in [0.717, 1.165) is 42.9 Å². The molecule has 0 N–H and O–H groups in total. The zero-order chi connectivity index (χ0) is 10.7. The number of hydrogen-bond donors (Lipinski definition) is 0. The zero-order valence-electron chi connectivity index (χ0n) is 9.41. The minimum absolute atomic E-state index is 0.885. The van der Waals surface area contributed by atoms with Gasteiger partial charge in [-0.3, -0.25) is 0 Å². The monoisotopic (exact) mass is 205 g/mol. The molecule has 2 nitrogen and oxygen atoms in total. The van der Waals surface area contributed by atoms with Crippen molar-refractivity contribution in [3.63, 3.8) is 0 Å². The van der Waals surface area contributed by atoms with Crippen LogP contribution in [0.4, 0.5) is 0 Å². The third-order valence-corrected chi connectivity index (χ3v) is 3.22. The van der Waals surface area contributed by atoms with Gasteiger partial charge in [0.25, 0.3) is 0 Å². The Morgan fingerprint density at radius 3 is 2.60 bits per heavy atom. The van der Waals surface area contributed by atoms with Gasteiger partial charge in [-0.15, -0.1) is 0 Å². The standard InChI is InChI=1S/C13H19NO/c1-12-5-3-4-6-13(12)11-14(2)7-9-15-10-8-14/h3-6H,1,7-11H2,2H3/q+1. The predicted molar refractivity (Wildman–Crippen MR) is 61.3 cm³/mol. The van der Waals surface area contributed by atoms with Crippen LogP contribution in [0, 0.1) is 6.92 Å². The molecule has 81 valence electrons. The zero-order valence-corrected chi connectivity index (χ0v) is 9.41. The highest BCUT2D eigenvalue weighted by atomic mass is 16.5. The van der Waals surface area contributed by atoms with Crippen LogP contribution in [0.3, 0.4) is 0 Å². The highest BCUT2D eigenvalue weighted by molar-refractivity contribution is 5.28. The number of nitrogens with zero attached hydrogens (tertiary/aromatic N) is 1. The van der Waals surface area contributed by atoms with Crippen molar-refractivity contribution < 1.29 is 9.22 Å². The predicted octanol–water partition coefficient (Wildman–Crippen LogP) is 1.85. The third-order valence-electron chi connectivity index (χ3n) is 3.22. The van der Waals surface area contributed by atoms with E-state index in [4.69, 9.17) is 4.74 Å². The quantitative estimate of drug-likeness (QED) is 0.669. The number of morpholine rings is 1. The lowest BCUT2D eigenvalue weighted by atomic mass is 10.1. The molecule has 0 aliphatic carbocycles. The second-order valence-corrected chi connectivity index (χ2v) is 4.61. The van der Waals surface area contributed by atoms with Crippen molar-refractivity contribution in [2.45, 2.75) is 6.54 Å². The first kappa shape index (κ1) is 10.7. The minimum Gasteiger partial charge on any atom is -0.370 e. The van der Waals surface area contributed by atoms with Crippen molar-refractivity contribution in [3.8, 4) is 0 Å². The summed E-state index contributed by atoms with van der Waals surface area (Å²) in [7, 11) is 2.30. The normalized spacial score (nSPS) is 20.1. The molecule has 0 amide bonds. The summed E-state index contributed by atoms with van der Waals surface area (Å²) in [5, 5.41) is 0. The van der Waals surface area contributed by atoms with Gasteiger partial charge in [-0.05, 0) is 12.5 Å². The van der Waals surface area contributed by atoms with Crippen LogP contribution in [-0.2, 0) is 11.3 Å². The topological polar surface area (TPSA) is 9.23 Å². The van der Waals surface area contributed by atoms with Crippen LogP contribution in [0.5, 0.6) is 0 Å². The van der Waals surface area contributed by atoms with Gasteiger partial charge >= 0.3 is 0 Å². The fourth-order valence-corrected chi connectivity index (χ4v) is 2.06. The van der Waals surface area contributed by atoms with E-state index < -0.39 is 0 Å². The number of benzene rings is 1. The van der Waals surface area contributed by atoms with E-state index in [1.807, 2.05) is 6.07 Å². The summed E-state index contributed by atoms with van der Waals surface area (Å²) < 4.78 is 6.48. The molecule has 1 heterocycles. The van der Waals surface area contributed by atoms with E-state index in [9.17, 15) is 0 Å². The lowest BCUT2D eigenvalue weighted by Crippen LogP contribution is -2.51. The third kappa shape index (κ3) is 2.58. The molecule has 1 aliphatic heterocycles. The van der Waals surface area contributed by atoms with Crippen LogP contribution in [0.1, 0.15) is 11.1 Å². The summed E-state index contributed by atoms with van der Waals surface area (Å²) in [5.41, 5.74) is 2.52. The second-order valence-electron chi connectivity index (χ2n) is 4.61. The lowest BCUT2D eigenvalue weighted by molar-refractivity contribution is -0.929. The average Bonchev–Trinajstić information content (AvgIpc) is 2.22. The van der Waals surface area contributed by atoms with Gasteiger partial charge in [0.15, 0.2) is 0 Å². The van der Waals surface area contributed by atoms with Gasteiger partial charge in [-0.25, -0.2) is 0 Å². The van der Waals surface area contributed by atoms with Gasteiger partial charge < -0.3 is 9.22 Å². The van der Waals surface area contributed by atoms with E-state index in [1.165, 1.54) is 5.56 Å². The van der Waals surface area contributed by atoms with Crippen molar-refractivity contribution in [1.29, 1.82) is 0 Å². The van der Waals surface area contributed by atoms with Gasteiger partial charge in [0.05, 0.1) is 20.3 Å². The SMILES string of the molecule is [CH2]c1ccccc1C[N+]1(C)CCOCC1. The fraction of sp³-hybridized carbons (Fsp3) is 0.462. The average molecular weight is 205 g/mol. The van der Waals surface area contributed by atoms with Gasteiger partial charge in [0.2, 0.25) is 0 Å². The Morgan fingerprint density at radius 2 is 1.93 bits per heavy atom. The lowest BCUT2D eigenvalue weighted by Gasteiger charge is -2.37. The molecule has 1 aromatic carbocycles. The Labute approximate surface area is 92.1 Å². The summed E-state index contributed by atoms with van der Waals surface area (Å²) in [5.74, 6) is 0. The first-order valence-corrected chi connectivity index (χ1v) is 5.51. The molecule has 2 heteroatoms. The van der Waals surface area contributed by atoms with Gasteiger partial charge in [0, 0.05) is 5.56 Å². The Bertz CT molecular complexity index is 329. The number of rotatable bonds is 2. The Hall–Kier alpha value is -0.860. The minimum atomic E-state index is 0.885. The second kappa shape index (κ2) is 4.33. The maximum absolute atomic E-state index is 5.40. The maximum atomic E-state index is 5.40. The van der Waals surface area contributed by atoms with Crippen LogP contribution in [0.15, 0.2) is 24.3 Å². The Morgan fingerprint density at radius 1 is 1.27 bits per heavy atom. The van der Waals surface area contributed by atoms with Crippen LogP contribution in [0.2, 0.25) is 0 Å². The van der Waals surface area contributed by atoms with Crippen molar-refractivity contribution >= 4 is 0 Å². The highest BCUT2D eigenvalue weighted by Gasteiger charge is 2.25. The first-order valence-electron chi connectivity index (χ1n) is 5.51. The molecule has 0 saturated carbocycles. The van der Waals surface area contributed by atoms with Crippen LogP contribution in [0.25, 0.3) is 0 Å². The molecule has 0 unspecified atom stereocenters. The molecule has 0 atom stereocenters. The van der Waals surface area contributed by atoms with Gasteiger partial charge in [-0.2, -0.15) is 0 Å². The summed E-state index contributed by atoms with van der Waals surface area (Å²) in [6, 6.07) is 8.41. The van der Waals surface area contributed by atoms with Gasteiger partial charge in [0.1, 0.15) is 19.6 Å². The summed E-state index contributed by atoms with van der Waals surface area (Å²) in [6.07, 6.45) is 0. The number of likely N-dealkylation sites (N-methyl/N-ethyl adjacent to an activating group) is 1. The fourth-order valence-electron chi connectivity index (χ4n) is 2.06. The summed E-state index contributed by atoms with van der Waals surface area (Å²) >= 11 is 0. The molecule has 1 saturated heterocycles. The molecule has 1 aromatic rings. The molecule has 1 aliphatic rings.